The Morgan fingerprint density at radius 3 is 2.65 bits per heavy atom. The molecule has 0 saturated carbocycles. The third-order valence-electron chi connectivity index (χ3n) is 2.31. The molecule has 0 bridgehead atoms. The van der Waals surface area contributed by atoms with Gasteiger partial charge in [-0.1, -0.05) is 0 Å². The van der Waals surface area contributed by atoms with Crippen molar-refractivity contribution in [1.29, 1.82) is 0 Å². The zero-order valence-corrected chi connectivity index (χ0v) is 11.4. The lowest BCUT2D eigenvalue weighted by atomic mass is 10.2. The van der Waals surface area contributed by atoms with Crippen molar-refractivity contribution in [1.82, 2.24) is 10.2 Å². The maximum Gasteiger partial charge on any atom is 0.283 e. The number of benzene rings is 1. The number of nitrogens with zero attached hydrogens (tertiary/aromatic N) is 2. The molecule has 1 amide bonds. The van der Waals surface area contributed by atoms with Crippen molar-refractivity contribution in [3.05, 3.63) is 61.0 Å². The van der Waals surface area contributed by atoms with Gasteiger partial charge in [-0.3, -0.25) is 19.7 Å². The largest absolute Gasteiger partial charge is 0.321 e. The quantitative estimate of drug-likeness (QED) is 0.652. The summed E-state index contributed by atoms with van der Waals surface area (Å²) in [6.45, 7) is 0. The van der Waals surface area contributed by atoms with Gasteiger partial charge in [-0.25, -0.2) is 5.10 Å². The Morgan fingerprint density at radius 2 is 2.10 bits per heavy atom. The zero-order chi connectivity index (χ0) is 14.7. The van der Waals surface area contributed by atoms with Gasteiger partial charge in [0.05, 0.1) is 9.40 Å². The Balaban J connectivity index is 2.20. The van der Waals surface area contributed by atoms with Crippen molar-refractivity contribution in [2.24, 2.45) is 0 Å². The average Bonchev–Trinajstić information content (AvgIpc) is 2.39. The molecule has 20 heavy (non-hydrogen) atoms. The van der Waals surface area contributed by atoms with Gasteiger partial charge in [0.25, 0.3) is 17.2 Å². The third-order valence-corrected chi connectivity index (χ3v) is 2.95. The van der Waals surface area contributed by atoms with Crippen LogP contribution in [0.4, 0.5) is 11.4 Å². The molecule has 9 heteroatoms. The highest BCUT2D eigenvalue weighted by molar-refractivity contribution is 9.10. The van der Waals surface area contributed by atoms with Gasteiger partial charge >= 0.3 is 0 Å². The molecule has 1 heterocycles. The number of aromatic amines is 1. The predicted octanol–water partition coefficient (Wildman–Crippen LogP) is 1.69. The maximum atomic E-state index is 11.8. The number of carbonyl (C=O) groups excluding carboxylic acids is 1. The molecule has 0 unspecified atom stereocenters. The standard InChI is InChI=1S/C11H7BrN4O4/c12-7-5-6(1-3-9(7)16(19)20)13-11(18)8-2-4-10(17)15-14-8/h1-5H,(H,13,18)(H,15,17). The van der Waals surface area contributed by atoms with Crippen LogP contribution in [-0.4, -0.2) is 21.0 Å². The second-order valence-electron chi connectivity index (χ2n) is 3.68. The average molecular weight is 339 g/mol. The van der Waals surface area contributed by atoms with Crippen molar-refractivity contribution < 1.29 is 9.72 Å². The molecule has 0 aliphatic rings. The van der Waals surface area contributed by atoms with Gasteiger partial charge in [-0.05, 0) is 34.1 Å². The first-order valence-corrected chi connectivity index (χ1v) is 6.07. The SMILES string of the molecule is O=C(Nc1ccc([N+](=O)[O-])c(Br)c1)c1ccc(=O)[nH]n1. The molecule has 2 rings (SSSR count). The van der Waals surface area contributed by atoms with Crippen LogP contribution in [0.5, 0.6) is 0 Å². The van der Waals surface area contributed by atoms with E-state index in [-0.39, 0.29) is 15.9 Å². The number of carbonyl (C=O) groups is 1. The minimum atomic E-state index is -0.542. The predicted molar refractivity (Wildman–Crippen MR) is 73.6 cm³/mol. The van der Waals surface area contributed by atoms with Gasteiger partial charge in [-0.15, -0.1) is 0 Å². The molecule has 1 aromatic carbocycles. The number of H-pyrrole nitrogens is 1. The second kappa shape index (κ2) is 5.61. The van der Waals surface area contributed by atoms with E-state index in [4.69, 9.17) is 0 Å². The van der Waals surface area contributed by atoms with E-state index in [0.717, 1.165) is 0 Å². The summed E-state index contributed by atoms with van der Waals surface area (Å²) in [5, 5.41) is 18.9. The second-order valence-corrected chi connectivity index (χ2v) is 4.54. The fourth-order valence-electron chi connectivity index (χ4n) is 1.40. The first-order chi connectivity index (χ1) is 9.47. The lowest BCUT2D eigenvalue weighted by Crippen LogP contribution is -2.17. The summed E-state index contributed by atoms with van der Waals surface area (Å²) < 4.78 is 0.245. The highest BCUT2D eigenvalue weighted by Crippen LogP contribution is 2.27. The molecule has 0 radical (unpaired) electrons. The lowest BCUT2D eigenvalue weighted by Gasteiger charge is -2.04. The first kappa shape index (κ1) is 13.9. The fraction of sp³-hybridized carbons (Fsp3) is 0. The first-order valence-electron chi connectivity index (χ1n) is 5.28. The molecule has 0 aliphatic carbocycles. The van der Waals surface area contributed by atoms with Crippen molar-refractivity contribution in [2.75, 3.05) is 5.32 Å². The molecule has 0 fully saturated rings. The Bertz CT molecular complexity index is 723. The van der Waals surface area contributed by atoms with E-state index in [2.05, 4.69) is 31.4 Å². The molecule has 0 atom stereocenters. The Hall–Kier alpha value is -2.55. The highest BCUT2D eigenvalue weighted by Gasteiger charge is 2.13. The summed E-state index contributed by atoms with van der Waals surface area (Å²) in [7, 11) is 0. The third kappa shape index (κ3) is 3.06. The number of anilines is 1. The Kier molecular flexibility index (Phi) is 3.89. The number of nitrogens with one attached hydrogen (secondary N) is 2. The number of hydrogen-bond donors (Lipinski definition) is 2. The van der Waals surface area contributed by atoms with Crippen molar-refractivity contribution in [3.8, 4) is 0 Å². The molecule has 1 aromatic heterocycles. The van der Waals surface area contributed by atoms with E-state index in [1.807, 2.05) is 0 Å². The Labute approximate surface area is 120 Å². The minimum absolute atomic E-state index is 0.0269. The molecule has 0 saturated heterocycles. The van der Waals surface area contributed by atoms with Gasteiger partial charge in [0.2, 0.25) is 0 Å². The Morgan fingerprint density at radius 1 is 1.35 bits per heavy atom. The number of halogens is 1. The van der Waals surface area contributed by atoms with Crippen LogP contribution in [0, 0.1) is 10.1 Å². The van der Waals surface area contributed by atoms with Crippen LogP contribution in [0.1, 0.15) is 10.5 Å². The van der Waals surface area contributed by atoms with Crippen LogP contribution < -0.4 is 10.9 Å². The molecule has 8 nitrogen and oxygen atoms in total. The molecule has 0 spiro atoms. The number of amides is 1. The summed E-state index contributed by atoms with van der Waals surface area (Å²) in [6.07, 6.45) is 0. The molecule has 102 valence electrons. The van der Waals surface area contributed by atoms with E-state index in [1.54, 1.807) is 0 Å². The van der Waals surface area contributed by atoms with Crippen LogP contribution in [0.15, 0.2) is 39.6 Å². The topological polar surface area (TPSA) is 118 Å². The summed E-state index contributed by atoms with van der Waals surface area (Å²) in [5.74, 6) is -0.540. The van der Waals surface area contributed by atoms with Crippen LogP contribution in [0.2, 0.25) is 0 Å². The van der Waals surface area contributed by atoms with Gasteiger partial charge in [0, 0.05) is 17.8 Å². The lowest BCUT2D eigenvalue weighted by molar-refractivity contribution is -0.385. The van der Waals surface area contributed by atoms with Crippen LogP contribution in [0.3, 0.4) is 0 Å². The zero-order valence-electron chi connectivity index (χ0n) is 9.79. The van der Waals surface area contributed by atoms with E-state index in [9.17, 15) is 19.7 Å². The van der Waals surface area contributed by atoms with E-state index >= 15 is 0 Å². The van der Waals surface area contributed by atoms with Crippen LogP contribution >= 0.6 is 15.9 Å². The maximum absolute atomic E-state index is 11.8. The smallest absolute Gasteiger partial charge is 0.283 e. The number of nitro groups is 1. The summed E-state index contributed by atoms with van der Waals surface area (Å²) >= 11 is 3.05. The fourth-order valence-corrected chi connectivity index (χ4v) is 1.92. The molecular formula is C11H7BrN4O4. The highest BCUT2D eigenvalue weighted by atomic mass is 79.9. The minimum Gasteiger partial charge on any atom is -0.321 e. The van der Waals surface area contributed by atoms with Gasteiger partial charge in [-0.2, -0.15) is 5.10 Å². The van der Waals surface area contributed by atoms with Crippen molar-refractivity contribution >= 4 is 33.2 Å². The molecule has 2 aromatic rings. The number of aromatic nitrogens is 2. The summed E-state index contributed by atoms with van der Waals surface area (Å²) in [6, 6.07) is 6.51. The van der Waals surface area contributed by atoms with Crippen molar-refractivity contribution in [3.63, 3.8) is 0 Å². The van der Waals surface area contributed by atoms with Crippen molar-refractivity contribution in [2.45, 2.75) is 0 Å². The van der Waals surface area contributed by atoms with E-state index in [0.29, 0.717) is 5.69 Å². The number of nitro benzene ring substituents is 1. The van der Waals surface area contributed by atoms with Crippen LogP contribution in [0.25, 0.3) is 0 Å². The molecule has 2 N–H and O–H groups in total. The molecule has 0 aliphatic heterocycles. The normalized spacial score (nSPS) is 10.1. The van der Waals surface area contributed by atoms with Crippen LogP contribution in [-0.2, 0) is 0 Å². The van der Waals surface area contributed by atoms with Gasteiger partial charge < -0.3 is 5.32 Å². The van der Waals surface area contributed by atoms with Gasteiger partial charge in [0.15, 0.2) is 0 Å². The van der Waals surface area contributed by atoms with E-state index < -0.39 is 16.4 Å². The molecular weight excluding hydrogens is 332 g/mol. The van der Waals surface area contributed by atoms with E-state index in [1.165, 1.54) is 30.3 Å². The number of rotatable bonds is 3. The summed E-state index contributed by atoms with van der Waals surface area (Å²) in [5.41, 5.74) is -0.135. The van der Waals surface area contributed by atoms with Gasteiger partial charge in [0.1, 0.15) is 5.69 Å². The monoisotopic (exact) mass is 338 g/mol. The number of hydrogen-bond acceptors (Lipinski definition) is 5. The summed E-state index contributed by atoms with van der Waals surface area (Å²) in [4.78, 5) is 32.8.